The standard InChI is InChI=1S/C32H52O5/c1-19(33)37-25-18-24-27(2,3)14-9-15-30(24,7)22-10-11-23-29(6)16-12-20(28(4,5)36)21(29)13-17-32(23,26(34)35)31(22,25)8/h20-25,36H,9-18H2,1-8H3,(H,34,35). The maximum Gasteiger partial charge on any atom is 0.310 e. The number of aliphatic carboxylic acids is 1. The minimum atomic E-state index is -0.925. The van der Waals surface area contributed by atoms with Gasteiger partial charge in [0.05, 0.1) is 11.0 Å². The highest BCUT2D eigenvalue weighted by Gasteiger charge is 2.77. The summed E-state index contributed by atoms with van der Waals surface area (Å²) in [6, 6.07) is 0. The van der Waals surface area contributed by atoms with E-state index in [2.05, 4.69) is 34.6 Å². The van der Waals surface area contributed by atoms with Gasteiger partial charge in [-0.1, -0.05) is 41.0 Å². The van der Waals surface area contributed by atoms with Crippen molar-refractivity contribution >= 4 is 11.9 Å². The van der Waals surface area contributed by atoms with Gasteiger partial charge >= 0.3 is 11.9 Å². The van der Waals surface area contributed by atoms with Crippen LogP contribution in [0, 0.1) is 56.7 Å². The molecule has 0 saturated heterocycles. The van der Waals surface area contributed by atoms with Crippen LogP contribution < -0.4 is 0 Å². The van der Waals surface area contributed by atoms with Gasteiger partial charge in [-0.3, -0.25) is 9.59 Å². The second-order valence-electron chi connectivity index (χ2n) is 15.9. The Labute approximate surface area is 224 Å². The molecule has 5 heteroatoms. The van der Waals surface area contributed by atoms with Gasteiger partial charge in [0.2, 0.25) is 0 Å². The fourth-order valence-corrected chi connectivity index (χ4v) is 12.4. The average Bonchev–Trinajstić information content (AvgIpc) is 3.12. The van der Waals surface area contributed by atoms with Gasteiger partial charge < -0.3 is 14.9 Å². The maximum absolute atomic E-state index is 13.8. The number of carboxylic acids is 1. The van der Waals surface area contributed by atoms with E-state index in [9.17, 15) is 19.8 Å². The molecule has 37 heavy (non-hydrogen) atoms. The lowest BCUT2D eigenvalue weighted by Gasteiger charge is -2.73. The van der Waals surface area contributed by atoms with Crippen LogP contribution >= 0.6 is 0 Å². The molecule has 10 atom stereocenters. The van der Waals surface area contributed by atoms with E-state index in [1.54, 1.807) is 0 Å². The van der Waals surface area contributed by atoms with E-state index in [1.165, 1.54) is 19.8 Å². The van der Waals surface area contributed by atoms with Gasteiger partial charge in [0, 0.05) is 12.3 Å². The molecule has 2 N–H and O–H groups in total. The van der Waals surface area contributed by atoms with E-state index < -0.39 is 22.4 Å². The van der Waals surface area contributed by atoms with Gasteiger partial charge in [-0.25, -0.2) is 0 Å². The minimum Gasteiger partial charge on any atom is -0.481 e. The van der Waals surface area contributed by atoms with E-state index in [4.69, 9.17) is 4.74 Å². The van der Waals surface area contributed by atoms with Crippen molar-refractivity contribution in [3.8, 4) is 0 Å². The van der Waals surface area contributed by atoms with E-state index >= 15 is 0 Å². The number of fused-ring (bicyclic) bond motifs is 7. The van der Waals surface area contributed by atoms with Gasteiger partial charge in [-0.2, -0.15) is 0 Å². The fourth-order valence-electron chi connectivity index (χ4n) is 12.4. The highest BCUT2D eigenvalue weighted by atomic mass is 16.5. The van der Waals surface area contributed by atoms with Crippen molar-refractivity contribution in [2.75, 3.05) is 0 Å². The molecule has 0 spiro atoms. The van der Waals surface area contributed by atoms with Gasteiger partial charge in [0.1, 0.15) is 6.10 Å². The number of hydrogen-bond donors (Lipinski definition) is 2. The Morgan fingerprint density at radius 2 is 1.49 bits per heavy atom. The first-order chi connectivity index (χ1) is 17.0. The number of aliphatic hydroxyl groups is 1. The van der Waals surface area contributed by atoms with E-state index in [0.717, 1.165) is 44.9 Å². The smallest absolute Gasteiger partial charge is 0.310 e. The maximum atomic E-state index is 13.8. The Morgan fingerprint density at radius 3 is 2.08 bits per heavy atom. The van der Waals surface area contributed by atoms with Crippen molar-refractivity contribution in [1.29, 1.82) is 0 Å². The summed E-state index contributed by atoms with van der Waals surface area (Å²) in [5.74, 6) is 0.222. The molecule has 0 bridgehead atoms. The molecule has 0 heterocycles. The lowest BCUT2D eigenvalue weighted by atomic mass is 9.31. The molecule has 0 aliphatic heterocycles. The van der Waals surface area contributed by atoms with Crippen LogP contribution in [-0.2, 0) is 14.3 Å². The normalized spacial score (nSPS) is 50.7. The molecular formula is C32H52O5. The Kier molecular flexibility index (Phi) is 6.09. The number of esters is 1. The Hall–Kier alpha value is -1.10. The van der Waals surface area contributed by atoms with Crippen molar-refractivity contribution in [1.82, 2.24) is 0 Å². The van der Waals surface area contributed by atoms with Crippen molar-refractivity contribution < 1.29 is 24.5 Å². The number of carboxylic acid groups (broad SMARTS) is 1. The number of hydrogen-bond acceptors (Lipinski definition) is 4. The summed E-state index contributed by atoms with van der Waals surface area (Å²) in [4.78, 5) is 26.4. The van der Waals surface area contributed by atoms with Crippen molar-refractivity contribution in [3.63, 3.8) is 0 Å². The first-order valence-electron chi connectivity index (χ1n) is 15.1. The highest BCUT2D eigenvalue weighted by molar-refractivity contribution is 5.78. The molecule has 5 fully saturated rings. The molecular weight excluding hydrogens is 464 g/mol. The molecule has 0 aromatic carbocycles. The van der Waals surface area contributed by atoms with Crippen molar-refractivity contribution in [2.24, 2.45) is 56.7 Å². The summed E-state index contributed by atoms with van der Waals surface area (Å²) >= 11 is 0. The molecule has 0 aromatic heterocycles. The first-order valence-corrected chi connectivity index (χ1v) is 15.1. The monoisotopic (exact) mass is 516 g/mol. The molecule has 5 saturated carbocycles. The van der Waals surface area contributed by atoms with Crippen LogP contribution in [0.2, 0.25) is 0 Å². The SMILES string of the molecule is CC(=O)OC1CC2C(C)(C)CCCC2(C)C2CCC3C4(C)CCC(C(C)(C)O)C4CCC3(C(=O)O)C12C. The van der Waals surface area contributed by atoms with Crippen LogP contribution in [0.4, 0.5) is 0 Å². The van der Waals surface area contributed by atoms with Gasteiger partial charge in [-0.05, 0) is 117 Å². The minimum absolute atomic E-state index is 0.0275. The Morgan fingerprint density at radius 1 is 0.838 bits per heavy atom. The topological polar surface area (TPSA) is 83.8 Å². The number of ether oxygens (including phenoxy) is 1. The van der Waals surface area contributed by atoms with Gasteiger partial charge in [0.15, 0.2) is 0 Å². The van der Waals surface area contributed by atoms with Crippen LogP contribution in [0.5, 0.6) is 0 Å². The summed E-state index contributed by atoms with van der Waals surface area (Å²) < 4.78 is 6.25. The summed E-state index contributed by atoms with van der Waals surface area (Å²) in [5, 5.41) is 22.4. The molecule has 5 aliphatic rings. The summed E-state index contributed by atoms with van der Waals surface area (Å²) in [6.07, 6.45) is 9.19. The summed E-state index contributed by atoms with van der Waals surface area (Å²) in [6.45, 7) is 17.1. The van der Waals surface area contributed by atoms with Crippen LogP contribution in [0.15, 0.2) is 0 Å². The Bertz CT molecular complexity index is 965. The second kappa shape index (κ2) is 8.21. The van der Waals surface area contributed by atoms with E-state index in [0.29, 0.717) is 18.3 Å². The molecule has 210 valence electrons. The van der Waals surface area contributed by atoms with Crippen LogP contribution in [0.1, 0.15) is 120 Å². The van der Waals surface area contributed by atoms with Gasteiger partial charge in [0.25, 0.3) is 0 Å². The number of rotatable bonds is 3. The number of carbonyl (C=O) groups is 2. The third kappa shape index (κ3) is 3.43. The van der Waals surface area contributed by atoms with Crippen LogP contribution in [-0.4, -0.2) is 33.9 Å². The first kappa shape index (κ1) is 27.5. The zero-order valence-electron chi connectivity index (χ0n) is 24.7. The lowest BCUT2D eigenvalue weighted by molar-refractivity contribution is -0.285. The number of carbonyl (C=O) groups excluding carboxylic acids is 1. The van der Waals surface area contributed by atoms with Crippen LogP contribution in [0.25, 0.3) is 0 Å². The Balaban J connectivity index is 1.67. The average molecular weight is 517 g/mol. The zero-order valence-corrected chi connectivity index (χ0v) is 24.7. The molecule has 5 nitrogen and oxygen atoms in total. The van der Waals surface area contributed by atoms with Crippen LogP contribution in [0.3, 0.4) is 0 Å². The molecule has 0 radical (unpaired) electrons. The summed E-state index contributed by atoms with van der Waals surface area (Å²) in [7, 11) is 0. The van der Waals surface area contributed by atoms with E-state index in [1.807, 2.05) is 13.8 Å². The molecule has 0 aromatic rings. The molecule has 10 unspecified atom stereocenters. The second-order valence-corrected chi connectivity index (χ2v) is 15.9. The third-order valence-corrected chi connectivity index (χ3v) is 13.8. The summed E-state index contributed by atoms with van der Waals surface area (Å²) in [5.41, 5.74) is -2.23. The lowest BCUT2D eigenvalue weighted by Crippen LogP contribution is -2.73. The molecule has 5 aliphatic carbocycles. The third-order valence-electron chi connectivity index (χ3n) is 13.8. The quantitative estimate of drug-likeness (QED) is 0.401. The van der Waals surface area contributed by atoms with E-state index in [-0.39, 0.29) is 46.1 Å². The molecule has 5 rings (SSSR count). The molecule has 0 amide bonds. The largest absolute Gasteiger partial charge is 0.481 e. The zero-order chi connectivity index (χ0) is 27.4. The van der Waals surface area contributed by atoms with Crippen molar-refractivity contribution in [2.45, 2.75) is 131 Å². The predicted molar refractivity (Wildman–Crippen MR) is 144 cm³/mol. The fraction of sp³-hybridized carbons (Fsp3) is 0.938. The van der Waals surface area contributed by atoms with Gasteiger partial charge in [-0.15, -0.1) is 0 Å². The predicted octanol–water partition coefficient (Wildman–Crippen LogP) is 6.86. The van der Waals surface area contributed by atoms with Crippen molar-refractivity contribution in [3.05, 3.63) is 0 Å². The highest BCUT2D eigenvalue weighted by Crippen LogP contribution is 2.78.